The minimum atomic E-state index is -1.37. The summed E-state index contributed by atoms with van der Waals surface area (Å²) in [5.74, 6) is -5.70. The van der Waals surface area contributed by atoms with Gasteiger partial charge in [-0.05, 0) is 24.3 Å². The van der Waals surface area contributed by atoms with Crippen LogP contribution >= 0.6 is 0 Å². The second-order valence-electron chi connectivity index (χ2n) is 4.37. The third kappa shape index (κ3) is 3.88. The normalized spacial score (nSPS) is 9.67. The monoisotopic (exact) mass is 339 g/mol. The molecule has 0 radical (unpaired) electrons. The van der Waals surface area contributed by atoms with Gasteiger partial charge in [0.15, 0.2) is 11.5 Å². The highest BCUT2D eigenvalue weighted by atomic mass is 16.4. The van der Waals surface area contributed by atoms with Gasteiger partial charge in [0, 0.05) is 0 Å². The van der Waals surface area contributed by atoms with Gasteiger partial charge in [-0.25, -0.2) is 9.59 Å². The van der Waals surface area contributed by atoms with Crippen molar-refractivity contribution >= 4 is 17.6 Å². The lowest BCUT2D eigenvalue weighted by molar-refractivity contribution is 0.0683. The predicted octanol–water partition coefficient (Wildman–Crippen LogP) is 0.880. The van der Waals surface area contributed by atoms with Crippen molar-refractivity contribution < 1.29 is 45.3 Å². The van der Waals surface area contributed by atoms with E-state index >= 15 is 0 Å². The summed E-state index contributed by atoms with van der Waals surface area (Å²) >= 11 is 0. The van der Waals surface area contributed by atoms with Crippen molar-refractivity contribution in [2.24, 2.45) is 0 Å². The number of carboxylic acid groups (broad SMARTS) is 2. The SMILES string of the molecule is Nc1c(O)cc(C(=O)O)cc1O.O=C(O)c1ccc(O)c(O)c1O. The van der Waals surface area contributed by atoms with Crippen LogP contribution in [0.1, 0.15) is 20.7 Å². The third-order valence-electron chi connectivity index (χ3n) is 2.74. The zero-order valence-electron chi connectivity index (χ0n) is 11.8. The van der Waals surface area contributed by atoms with Crippen molar-refractivity contribution in [2.75, 3.05) is 5.73 Å². The Bertz CT molecular complexity index is 778. The second-order valence-corrected chi connectivity index (χ2v) is 4.37. The number of phenolic OH excluding ortho intramolecular Hbond substituents is 4. The van der Waals surface area contributed by atoms with Gasteiger partial charge in [0.1, 0.15) is 22.7 Å². The van der Waals surface area contributed by atoms with E-state index in [4.69, 9.17) is 41.5 Å². The molecule has 0 saturated carbocycles. The number of benzene rings is 2. The third-order valence-corrected chi connectivity index (χ3v) is 2.74. The average molecular weight is 339 g/mol. The Hall–Kier alpha value is -3.82. The molecule has 0 heterocycles. The molecule has 0 aliphatic heterocycles. The molecule has 10 heteroatoms. The molecule has 2 aromatic rings. The van der Waals surface area contributed by atoms with Crippen LogP contribution in [-0.2, 0) is 0 Å². The first-order valence-corrected chi connectivity index (χ1v) is 6.08. The van der Waals surface area contributed by atoms with E-state index in [1.807, 2.05) is 0 Å². The Morgan fingerprint density at radius 3 is 1.67 bits per heavy atom. The quantitative estimate of drug-likeness (QED) is 0.286. The van der Waals surface area contributed by atoms with Crippen LogP contribution in [0.2, 0.25) is 0 Å². The van der Waals surface area contributed by atoms with E-state index in [1.165, 1.54) is 0 Å². The summed E-state index contributed by atoms with van der Waals surface area (Å²) in [6.45, 7) is 0. The maximum absolute atomic E-state index is 10.4. The van der Waals surface area contributed by atoms with Crippen molar-refractivity contribution in [2.45, 2.75) is 0 Å². The Kier molecular flexibility index (Phi) is 5.29. The van der Waals surface area contributed by atoms with E-state index in [9.17, 15) is 9.59 Å². The number of carboxylic acids is 2. The number of rotatable bonds is 2. The molecule has 2 aromatic carbocycles. The van der Waals surface area contributed by atoms with Crippen LogP contribution in [0.4, 0.5) is 5.69 Å². The van der Waals surface area contributed by atoms with Gasteiger partial charge in [-0.15, -0.1) is 0 Å². The Morgan fingerprint density at radius 1 is 0.750 bits per heavy atom. The number of anilines is 1. The van der Waals surface area contributed by atoms with E-state index in [0.29, 0.717) is 0 Å². The number of carbonyl (C=O) groups is 2. The summed E-state index contributed by atoms with van der Waals surface area (Å²) in [4.78, 5) is 20.7. The molecule has 0 aromatic heterocycles. The van der Waals surface area contributed by atoms with E-state index in [1.54, 1.807) is 0 Å². The second kappa shape index (κ2) is 6.96. The van der Waals surface area contributed by atoms with Gasteiger partial charge in [0.2, 0.25) is 5.75 Å². The first-order chi connectivity index (χ1) is 11.1. The van der Waals surface area contributed by atoms with Gasteiger partial charge in [-0.3, -0.25) is 0 Å². The summed E-state index contributed by atoms with van der Waals surface area (Å²) in [5, 5.41) is 61.5. The first-order valence-electron chi connectivity index (χ1n) is 6.08. The number of nitrogens with two attached hydrogens (primary N) is 1. The topological polar surface area (TPSA) is 202 Å². The zero-order valence-corrected chi connectivity index (χ0v) is 11.8. The lowest BCUT2D eigenvalue weighted by Crippen LogP contribution is -1.97. The van der Waals surface area contributed by atoms with Crippen molar-refractivity contribution in [3.05, 3.63) is 35.4 Å². The highest BCUT2D eigenvalue weighted by Gasteiger charge is 2.15. The lowest BCUT2D eigenvalue weighted by Gasteiger charge is -2.02. The highest BCUT2D eigenvalue weighted by Crippen LogP contribution is 2.36. The van der Waals surface area contributed by atoms with Crippen LogP contribution in [0, 0.1) is 0 Å². The Labute approximate surface area is 133 Å². The van der Waals surface area contributed by atoms with E-state index in [-0.39, 0.29) is 11.3 Å². The Morgan fingerprint density at radius 2 is 1.25 bits per heavy atom. The molecule has 0 spiro atoms. The van der Waals surface area contributed by atoms with Gasteiger partial charge in [0.05, 0.1) is 5.56 Å². The van der Waals surface area contributed by atoms with Crippen LogP contribution in [0.25, 0.3) is 0 Å². The molecular formula is C14H13NO9. The summed E-state index contributed by atoms with van der Waals surface area (Å²) < 4.78 is 0. The molecule has 0 fully saturated rings. The maximum atomic E-state index is 10.4. The van der Waals surface area contributed by atoms with Crippen molar-refractivity contribution in [1.82, 2.24) is 0 Å². The average Bonchev–Trinajstić information content (AvgIpc) is 2.50. The molecule has 0 saturated heterocycles. The summed E-state index contributed by atoms with van der Waals surface area (Å²) in [6, 6.07) is 3.92. The lowest BCUT2D eigenvalue weighted by atomic mass is 10.2. The van der Waals surface area contributed by atoms with Crippen molar-refractivity contribution in [3.63, 3.8) is 0 Å². The number of aromatic carboxylic acids is 2. The molecule has 10 nitrogen and oxygen atoms in total. The minimum Gasteiger partial charge on any atom is -0.506 e. The molecule has 0 bridgehead atoms. The molecule has 128 valence electrons. The van der Waals surface area contributed by atoms with Gasteiger partial charge >= 0.3 is 11.9 Å². The van der Waals surface area contributed by atoms with Crippen molar-refractivity contribution in [1.29, 1.82) is 0 Å². The number of phenols is 5. The molecule has 0 aliphatic rings. The first kappa shape index (κ1) is 18.2. The molecule has 24 heavy (non-hydrogen) atoms. The van der Waals surface area contributed by atoms with Crippen LogP contribution in [0.15, 0.2) is 24.3 Å². The maximum Gasteiger partial charge on any atom is 0.339 e. The summed E-state index contributed by atoms with van der Waals surface area (Å²) in [5.41, 5.74) is 4.27. The smallest absolute Gasteiger partial charge is 0.339 e. The van der Waals surface area contributed by atoms with Gasteiger partial charge < -0.3 is 41.5 Å². The fraction of sp³-hybridized carbons (Fsp3) is 0. The van der Waals surface area contributed by atoms with E-state index in [0.717, 1.165) is 24.3 Å². The molecule has 0 atom stereocenters. The molecule has 0 aliphatic carbocycles. The zero-order chi connectivity index (χ0) is 18.6. The summed E-state index contributed by atoms with van der Waals surface area (Å²) in [6.07, 6.45) is 0. The fourth-order valence-corrected chi connectivity index (χ4v) is 1.49. The van der Waals surface area contributed by atoms with Crippen LogP contribution in [0.3, 0.4) is 0 Å². The minimum absolute atomic E-state index is 0.209. The fourth-order valence-electron chi connectivity index (χ4n) is 1.49. The molecular weight excluding hydrogens is 326 g/mol. The molecule has 9 N–H and O–H groups in total. The molecule has 2 rings (SSSR count). The van der Waals surface area contributed by atoms with Crippen molar-refractivity contribution in [3.8, 4) is 28.7 Å². The van der Waals surface area contributed by atoms with Gasteiger partial charge in [-0.2, -0.15) is 0 Å². The number of nitrogen functional groups attached to an aromatic ring is 1. The highest BCUT2D eigenvalue weighted by molar-refractivity contribution is 5.92. The molecule has 0 unspecified atom stereocenters. The standard InChI is InChI=1S/C7H7NO4.C7H6O5/c8-6-4(9)1-3(7(11)12)2-5(6)10;8-4-2-1-3(7(11)12)5(9)6(4)10/h1-2,9-10H,8H2,(H,11,12);1-2,8-10H,(H,11,12). The number of hydrogen-bond acceptors (Lipinski definition) is 8. The number of hydrogen-bond donors (Lipinski definition) is 8. The van der Waals surface area contributed by atoms with Crippen LogP contribution in [0.5, 0.6) is 28.7 Å². The van der Waals surface area contributed by atoms with Crippen LogP contribution < -0.4 is 5.73 Å². The molecule has 0 amide bonds. The van der Waals surface area contributed by atoms with E-state index < -0.39 is 46.2 Å². The Balaban J connectivity index is 0.000000240. The van der Waals surface area contributed by atoms with Crippen LogP contribution in [-0.4, -0.2) is 47.7 Å². The predicted molar refractivity (Wildman–Crippen MR) is 79.5 cm³/mol. The van der Waals surface area contributed by atoms with E-state index in [2.05, 4.69) is 0 Å². The summed E-state index contributed by atoms with van der Waals surface area (Å²) in [7, 11) is 0. The van der Waals surface area contributed by atoms with Gasteiger partial charge in [0.25, 0.3) is 0 Å². The van der Waals surface area contributed by atoms with Gasteiger partial charge in [-0.1, -0.05) is 0 Å². The number of aromatic hydroxyl groups is 5. The largest absolute Gasteiger partial charge is 0.506 e.